The number of amides is 1. The Balaban J connectivity index is 1.66. The van der Waals surface area contributed by atoms with Gasteiger partial charge in [-0.15, -0.1) is 0 Å². The standard InChI is InChI=1S/C13H16BrNO3/c14-10-3-5-11(6-4-10)18-8-13(17)15-7-12(16)9-1-2-9/h3-6,9,12,16H,1-2,7-8H2,(H,15,17). The van der Waals surface area contributed by atoms with Gasteiger partial charge in [0.25, 0.3) is 5.91 Å². The van der Waals surface area contributed by atoms with Crippen molar-refractivity contribution in [1.29, 1.82) is 0 Å². The van der Waals surface area contributed by atoms with Gasteiger partial charge >= 0.3 is 0 Å². The number of hydrogen-bond acceptors (Lipinski definition) is 3. The van der Waals surface area contributed by atoms with Crippen LogP contribution >= 0.6 is 15.9 Å². The van der Waals surface area contributed by atoms with Gasteiger partial charge in [0.2, 0.25) is 0 Å². The molecule has 0 spiro atoms. The maximum absolute atomic E-state index is 11.5. The molecule has 1 amide bonds. The lowest BCUT2D eigenvalue weighted by Gasteiger charge is -2.11. The topological polar surface area (TPSA) is 58.6 Å². The van der Waals surface area contributed by atoms with Gasteiger partial charge in [0.05, 0.1) is 6.10 Å². The van der Waals surface area contributed by atoms with Crippen molar-refractivity contribution in [3.8, 4) is 5.75 Å². The van der Waals surface area contributed by atoms with Crippen LogP contribution < -0.4 is 10.1 Å². The van der Waals surface area contributed by atoms with E-state index in [2.05, 4.69) is 21.2 Å². The van der Waals surface area contributed by atoms with Crippen LogP contribution in [0.4, 0.5) is 0 Å². The van der Waals surface area contributed by atoms with Crippen LogP contribution in [0.25, 0.3) is 0 Å². The minimum absolute atomic E-state index is 0.0288. The van der Waals surface area contributed by atoms with E-state index in [-0.39, 0.29) is 12.5 Å². The molecule has 1 aromatic carbocycles. The molecular formula is C13H16BrNO3. The number of nitrogens with one attached hydrogen (secondary N) is 1. The zero-order valence-electron chi connectivity index (χ0n) is 9.93. The minimum atomic E-state index is -0.415. The number of hydrogen-bond donors (Lipinski definition) is 2. The molecule has 2 N–H and O–H groups in total. The fraction of sp³-hybridized carbons (Fsp3) is 0.462. The minimum Gasteiger partial charge on any atom is -0.484 e. The summed E-state index contributed by atoms with van der Waals surface area (Å²) in [5.41, 5.74) is 0. The Kier molecular flexibility index (Phi) is 4.60. The number of aliphatic hydroxyl groups is 1. The lowest BCUT2D eigenvalue weighted by molar-refractivity contribution is -0.123. The number of benzene rings is 1. The van der Waals surface area contributed by atoms with Crippen LogP contribution in [0.1, 0.15) is 12.8 Å². The van der Waals surface area contributed by atoms with E-state index in [9.17, 15) is 9.90 Å². The molecule has 0 heterocycles. The zero-order chi connectivity index (χ0) is 13.0. The molecule has 18 heavy (non-hydrogen) atoms. The second-order valence-corrected chi connectivity index (χ2v) is 5.37. The van der Waals surface area contributed by atoms with E-state index in [1.807, 2.05) is 12.1 Å². The number of aliphatic hydroxyl groups excluding tert-OH is 1. The first-order valence-corrected chi connectivity index (χ1v) is 6.77. The molecule has 5 heteroatoms. The zero-order valence-corrected chi connectivity index (χ0v) is 11.5. The van der Waals surface area contributed by atoms with E-state index in [1.165, 1.54) is 0 Å². The summed E-state index contributed by atoms with van der Waals surface area (Å²) in [6.07, 6.45) is 1.71. The quantitative estimate of drug-likeness (QED) is 0.840. The smallest absolute Gasteiger partial charge is 0.258 e. The van der Waals surface area contributed by atoms with E-state index >= 15 is 0 Å². The fourth-order valence-corrected chi connectivity index (χ4v) is 1.86. The highest BCUT2D eigenvalue weighted by atomic mass is 79.9. The Labute approximate surface area is 114 Å². The average Bonchev–Trinajstić information content (AvgIpc) is 3.19. The highest BCUT2D eigenvalue weighted by molar-refractivity contribution is 9.10. The number of carbonyl (C=O) groups is 1. The number of ether oxygens (including phenoxy) is 1. The van der Waals surface area contributed by atoms with E-state index in [1.54, 1.807) is 12.1 Å². The van der Waals surface area contributed by atoms with Gasteiger partial charge in [0, 0.05) is 11.0 Å². The molecule has 1 aromatic rings. The number of rotatable bonds is 6. The first-order valence-electron chi connectivity index (χ1n) is 5.98. The van der Waals surface area contributed by atoms with Crippen molar-refractivity contribution in [3.05, 3.63) is 28.7 Å². The molecule has 1 unspecified atom stereocenters. The Hall–Kier alpha value is -1.07. The molecule has 1 aliphatic rings. The van der Waals surface area contributed by atoms with Gasteiger partial charge in [-0.3, -0.25) is 4.79 Å². The predicted octanol–water partition coefficient (Wildman–Crippen LogP) is 1.71. The van der Waals surface area contributed by atoms with E-state index < -0.39 is 6.10 Å². The highest BCUT2D eigenvalue weighted by Crippen LogP contribution is 2.32. The van der Waals surface area contributed by atoms with E-state index in [4.69, 9.17) is 4.74 Å². The third-order valence-corrected chi connectivity index (χ3v) is 3.39. The molecule has 1 aliphatic carbocycles. The molecule has 1 fully saturated rings. The van der Waals surface area contributed by atoms with E-state index in [0.717, 1.165) is 17.3 Å². The second kappa shape index (κ2) is 6.20. The molecule has 1 saturated carbocycles. The lowest BCUT2D eigenvalue weighted by Crippen LogP contribution is -2.36. The molecule has 98 valence electrons. The maximum atomic E-state index is 11.5. The van der Waals surface area contributed by atoms with Crippen molar-refractivity contribution in [2.45, 2.75) is 18.9 Å². The van der Waals surface area contributed by atoms with Crippen LogP contribution in [-0.2, 0) is 4.79 Å². The third-order valence-electron chi connectivity index (χ3n) is 2.86. The Morgan fingerprint density at radius 3 is 2.72 bits per heavy atom. The fourth-order valence-electron chi connectivity index (χ4n) is 1.60. The Morgan fingerprint density at radius 2 is 2.11 bits per heavy atom. The van der Waals surface area contributed by atoms with Gasteiger partial charge in [-0.25, -0.2) is 0 Å². The van der Waals surface area contributed by atoms with Gasteiger partial charge in [-0.2, -0.15) is 0 Å². The summed E-state index contributed by atoms with van der Waals surface area (Å²) in [7, 11) is 0. The summed E-state index contributed by atoms with van der Waals surface area (Å²) in [4.78, 5) is 11.5. The summed E-state index contributed by atoms with van der Waals surface area (Å²) in [6.45, 7) is 0.284. The number of carbonyl (C=O) groups excluding carboxylic acids is 1. The molecule has 2 rings (SSSR count). The van der Waals surface area contributed by atoms with Crippen LogP contribution in [0.15, 0.2) is 28.7 Å². The second-order valence-electron chi connectivity index (χ2n) is 4.45. The lowest BCUT2D eigenvalue weighted by atomic mass is 10.2. The summed E-state index contributed by atoms with van der Waals surface area (Å²) >= 11 is 3.32. The molecule has 0 radical (unpaired) electrons. The normalized spacial score (nSPS) is 16.1. The van der Waals surface area contributed by atoms with Gasteiger partial charge in [0.15, 0.2) is 6.61 Å². The van der Waals surface area contributed by atoms with Gasteiger partial charge in [0.1, 0.15) is 5.75 Å². The average molecular weight is 314 g/mol. The van der Waals surface area contributed by atoms with Crippen molar-refractivity contribution in [1.82, 2.24) is 5.32 Å². The van der Waals surface area contributed by atoms with Gasteiger partial charge in [-0.05, 0) is 43.0 Å². The van der Waals surface area contributed by atoms with Crippen LogP contribution in [0.2, 0.25) is 0 Å². The molecule has 1 atom stereocenters. The Bertz CT molecular complexity index is 403. The van der Waals surface area contributed by atoms with E-state index in [0.29, 0.717) is 18.2 Å². The molecule has 0 aliphatic heterocycles. The van der Waals surface area contributed by atoms with Crippen molar-refractivity contribution in [3.63, 3.8) is 0 Å². The largest absolute Gasteiger partial charge is 0.484 e. The maximum Gasteiger partial charge on any atom is 0.258 e. The van der Waals surface area contributed by atoms with Gasteiger partial charge < -0.3 is 15.2 Å². The van der Waals surface area contributed by atoms with Crippen molar-refractivity contribution < 1.29 is 14.6 Å². The predicted molar refractivity (Wildman–Crippen MR) is 71.4 cm³/mol. The first kappa shape index (κ1) is 13.4. The van der Waals surface area contributed by atoms with Crippen molar-refractivity contribution in [2.24, 2.45) is 5.92 Å². The molecular weight excluding hydrogens is 298 g/mol. The summed E-state index contributed by atoms with van der Waals surface area (Å²) in [5.74, 6) is 0.811. The molecule has 0 aromatic heterocycles. The molecule has 4 nitrogen and oxygen atoms in total. The van der Waals surface area contributed by atoms with Crippen molar-refractivity contribution in [2.75, 3.05) is 13.2 Å². The van der Waals surface area contributed by atoms with Crippen LogP contribution in [0.5, 0.6) is 5.75 Å². The molecule has 0 bridgehead atoms. The third kappa shape index (κ3) is 4.31. The summed E-state index contributed by atoms with van der Waals surface area (Å²) in [6, 6.07) is 7.28. The first-order chi connectivity index (χ1) is 8.65. The van der Waals surface area contributed by atoms with Crippen LogP contribution in [0.3, 0.4) is 0 Å². The SMILES string of the molecule is O=C(COc1ccc(Br)cc1)NCC(O)C1CC1. The highest BCUT2D eigenvalue weighted by Gasteiger charge is 2.29. The van der Waals surface area contributed by atoms with Crippen molar-refractivity contribution >= 4 is 21.8 Å². The summed E-state index contributed by atoms with van der Waals surface area (Å²) in [5, 5.41) is 12.3. The van der Waals surface area contributed by atoms with Crippen LogP contribution in [-0.4, -0.2) is 30.3 Å². The van der Waals surface area contributed by atoms with Crippen LogP contribution in [0, 0.1) is 5.92 Å². The molecule has 0 saturated heterocycles. The summed E-state index contributed by atoms with van der Waals surface area (Å²) < 4.78 is 6.28. The Morgan fingerprint density at radius 1 is 1.44 bits per heavy atom. The van der Waals surface area contributed by atoms with Gasteiger partial charge in [-0.1, -0.05) is 15.9 Å². The monoisotopic (exact) mass is 313 g/mol. The number of halogens is 1.